The lowest BCUT2D eigenvalue weighted by molar-refractivity contribution is 0.590. The number of anilines is 6. The number of para-hydroxylation sites is 3. The summed E-state index contributed by atoms with van der Waals surface area (Å²) in [7, 11) is 0. The van der Waals surface area contributed by atoms with Crippen LogP contribution in [-0.4, -0.2) is 11.3 Å². The van der Waals surface area contributed by atoms with Crippen LogP contribution in [0.1, 0.15) is 84.3 Å². The molecule has 10 rings (SSSR count). The molecule has 6 aromatic carbocycles. The molecule has 0 aliphatic carbocycles. The van der Waals surface area contributed by atoms with Crippen molar-refractivity contribution in [3.8, 4) is 5.69 Å². The third-order valence-electron chi connectivity index (χ3n) is 9.54. The molecule has 0 unspecified atom stereocenters. The van der Waals surface area contributed by atoms with Crippen LogP contribution in [0.4, 0.5) is 34.1 Å². The van der Waals surface area contributed by atoms with Gasteiger partial charge in [0.2, 0.25) is 0 Å². The Morgan fingerprint density at radius 2 is 1.20 bits per heavy atom. The fraction of sp³-hybridized carbons (Fsp3) is 0.200. The van der Waals surface area contributed by atoms with Gasteiger partial charge in [-0.3, -0.25) is 0 Å². The second kappa shape index (κ2) is 9.48. The zero-order valence-electron chi connectivity index (χ0n) is 46.9. The molecule has 3 aliphatic heterocycles. The topological polar surface area (TPSA) is 11.4 Å². The van der Waals surface area contributed by atoms with Gasteiger partial charge in [0.25, 0.3) is 6.71 Å². The maximum absolute atomic E-state index is 10.2. The first kappa shape index (κ1) is 15.6. The summed E-state index contributed by atoms with van der Waals surface area (Å²) < 4.78 is 180. The Labute approximate surface area is 316 Å². The van der Waals surface area contributed by atoms with E-state index in [0.717, 1.165) is 4.90 Å². The van der Waals surface area contributed by atoms with Crippen molar-refractivity contribution < 1.29 is 26.0 Å². The van der Waals surface area contributed by atoms with E-state index in [4.69, 9.17) is 6.85 Å². The summed E-state index contributed by atoms with van der Waals surface area (Å²) in [6, 6.07) is -10.7. The second-order valence-corrected chi connectivity index (χ2v) is 14.8. The molecule has 49 heavy (non-hydrogen) atoms. The minimum atomic E-state index is -1.58. The molecule has 0 N–H and O–H groups in total. The summed E-state index contributed by atoms with van der Waals surface area (Å²) in [5.74, 6) is 0. The molecule has 7 aromatic rings. The molecule has 0 amide bonds. The van der Waals surface area contributed by atoms with Crippen molar-refractivity contribution in [2.45, 2.75) is 59.3 Å². The van der Waals surface area contributed by atoms with Crippen LogP contribution in [-0.2, 0) is 10.8 Å². The average molecular weight is 653 g/mol. The summed E-state index contributed by atoms with van der Waals surface area (Å²) in [4.78, 5) is 2.47. The largest absolute Gasteiger partial charge is 0.311 e. The predicted molar refractivity (Wildman–Crippen MR) is 210 cm³/mol. The van der Waals surface area contributed by atoms with Crippen LogP contribution >= 0.6 is 0 Å². The first-order valence-corrected chi connectivity index (χ1v) is 16.1. The van der Waals surface area contributed by atoms with Crippen LogP contribution in [0, 0.1) is 6.92 Å². The Balaban J connectivity index is 1.56. The van der Waals surface area contributed by atoms with E-state index < -0.39 is 107 Å². The standard InChI is InChI=1S/C45H40BN3/c1-27-22-38-41-39(23-27)49-40-26-29(45(5,6)7)25-32-31-24-28(44(2,3)4)20-21-35(31)48(42(32)40)37-19-13-17-34(43(37)49)46(41)33-16-11-12-18-36(33)47(38)30-14-9-8-10-15-30/h8-26H,1-7H3/i8D,9D,10D,11D,12D,13D,14D,15D,16D,17D,18D,19D,20D,21D,22D,23D,24D,25D,26D. The van der Waals surface area contributed by atoms with E-state index in [2.05, 4.69) is 0 Å². The molecule has 3 nitrogen and oxygen atoms in total. The van der Waals surface area contributed by atoms with E-state index in [1.165, 1.54) is 16.4 Å². The van der Waals surface area contributed by atoms with Gasteiger partial charge in [0.15, 0.2) is 0 Å². The Kier molecular flexibility index (Phi) is 3.01. The summed E-state index contributed by atoms with van der Waals surface area (Å²) >= 11 is 0. The van der Waals surface area contributed by atoms with Crippen molar-refractivity contribution in [3.05, 3.63) is 131 Å². The van der Waals surface area contributed by atoms with Gasteiger partial charge in [-0.15, -0.1) is 0 Å². The van der Waals surface area contributed by atoms with E-state index in [1.54, 1.807) is 41.5 Å². The Morgan fingerprint density at radius 3 is 1.96 bits per heavy atom. The molecular formula is C45H40BN3. The van der Waals surface area contributed by atoms with Crippen LogP contribution in [0.25, 0.3) is 27.5 Å². The number of benzene rings is 6. The number of aromatic nitrogens is 1. The minimum Gasteiger partial charge on any atom is -0.311 e. The highest BCUT2D eigenvalue weighted by Gasteiger charge is 2.46. The van der Waals surface area contributed by atoms with Gasteiger partial charge in [-0.25, -0.2) is 0 Å². The normalized spacial score (nSPS) is 19.7. The molecule has 3 aliphatic rings. The van der Waals surface area contributed by atoms with Gasteiger partial charge in [0.05, 0.1) is 54.1 Å². The molecule has 0 spiro atoms. The molecular weight excluding hydrogens is 593 g/mol. The maximum Gasteiger partial charge on any atom is 0.252 e. The lowest BCUT2D eigenvalue weighted by Gasteiger charge is -2.46. The fourth-order valence-corrected chi connectivity index (χ4v) is 7.33. The molecule has 0 saturated heterocycles. The predicted octanol–water partition coefficient (Wildman–Crippen LogP) is 10.1. The van der Waals surface area contributed by atoms with Gasteiger partial charge in [0, 0.05) is 33.5 Å². The smallest absolute Gasteiger partial charge is 0.252 e. The summed E-state index contributed by atoms with van der Waals surface area (Å²) in [5, 5.41) is 0.152. The van der Waals surface area contributed by atoms with Crippen molar-refractivity contribution in [1.29, 1.82) is 0 Å². The van der Waals surface area contributed by atoms with Crippen molar-refractivity contribution in [3.63, 3.8) is 0 Å². The molecule has 0 bridgehead atoms. The minimum absolute atomic E-state index is 0.0272. The molecule has 1 aromatic heterocycles. The molecule has 0 fully saturated rings. The number of rotatable bonds is 1. The molecule has 4 heterocycles. The SMILES string of the molecule is [2H]c1c([2H])c([2H])c(N2c3c([2H])c([2H])c([2H])c([2H])c3B3c4c2c([2H])c(C)c([2H])c4N2c4c3c([2H])c([2H])c([2H])c4-n3c4c([2H])c([2H])c(C(C)(C)C)c([2H])c4c4c([2H])c(C(C)(C)C)c([2H])c2c43)c([2H])c1[2H]. The second-order valence-electron chi connectivity index (χ2n) is 14.8. The van der Waals surface area contributed by atoms with E-state index in [0.29, 0.717) is 0 Å². The van der Waals surface area contributed by atoms with Gasteiger partial charge in [-0.05, 0) is 111 Å². The summed E-state index contributed by atoms with van der Waals surface area (Å²) in [6.45, 7) is 10.6. The van der Waals surface area contributed by atoms with Gasteiger partial charge in [-0.2, -0.15) is 0 Å². The van der Waals surface area contributed by atoms with E-state index >= 15 is 0 Å². The van der Waals surface area contributed by atoms with Crippen LogP contribution in [0.15, 0.2) is 115 Å². The zero-order valence-corrected chi connectivity index (χ0v) is 27.9. The van der Waals surface area contributed by atoms with Crippen LogP contribution < -0.4 is 26.2 Å². The maximum atomic E-state index is 10.2. The number of hydrogen-bond acceptors (Lipinski definition) is 2. The summed E-state index contributed by atoms with van der Waals surface area (Å²) in [6.07, 6.45) is 0. The van der Waals surface area contributed by atoms with Gasteiger partial charge < -0.3 is 14.4 Å². The third-order valence-corrected chi connectivity index (χ3v) is 9.54. The van der Waals surface area contributed by atoms with Crippen LogP contribution in [0.2, 0.25) is 0 Å². The first-order valence-electron chi connectivity index (χ1n) is 25.6. The van der Waals surface area contributed by atoms with Crippen LogP contribution in [0.5, 0.6) is 0 Å². The lowest BCUT2D eigenvalue weighted by atomic mass is 9.33. The Bertz CT molecular complexity index is 3600. The van der Waals surface area contributed by atoms with E-state index in [9.17, 15) is 19.2 Å². The van der Waals surface area contributed by atoms with Gasteiger partial charge in [0.1, 0.15) is 0 Å². The van der Waals surface area contributed by atoms with Crippen molar-refractivity contribution in [2.24, 2.45) is 0 Å². The zero-order chi connectivity index (χ0) is 50.1. The molecule has 0 radical (unpaired) electrons. The lowest BCUT2D eigenvalue weighted by Crippen LogP contribution is -2.61. The number of fused-ring (bicyclic) bond motifs is 9. The van der Waals surface area contributed by atoms with Crippen LogP contribution in [0.3, 0.4) is 0 Å². The summed E-state index contributed by atoms with van der Waals surface area (Å²) in [5.41, 5.74) is -3.78. The highest BCUT2D eigenvalue weighted by atomic mass is 15.2. The molecule has 238 valence electrons. The Morgan fingerprint density at radius 1 is 0.551 bits per heavy atom. The van der Waals surface area contributed by atoms with E-state index in [-0.39, 0.29) is 120 Å². The van der Waals surface area contributed by atoms with Crippen molar-refractivity contribution >= 4 is 79.0 Å². The molecule has 0 saturated carbocycles. The highest BCUT2D eigenvalue weighted by molar-refractivity contribution is 7.00. The average Bonchev–Trinajstić information content (AvgIpc) is 3.62. The van der Waals surface area contributed by atoms with Gasteiger partial charge >= 0.3 is 0 Å². The fourth-order valence-electron chi connectivity index (χ4n) is 7.33. The van der Waals surface area contributed by atoms with E-state index in [1.807, 2.05) is 0 Å². The highest BCUT2D eigenvalue weighted by Crippen LogP contribution is 2.53. The molecule has 4 heteroatoms. The Hall–Kier alpha value is -5.22. The number of hydrogen-bond donors (Lipinski definition) is 0. The number of nitrogens with zero attached hydrogens (tertiary/aromatic N) is 3. The first-order chi connectivity index (χ1) is 31.5. The third kappa shape index (κ3) is 3.80. The van der Waals surface area contributed by atoms with Crippen molar-refractivity contribution in [2.75, 3.05) is 9.80 Å². The monoisotopic (exact) mass is 652 g/mol. The quantitative estimate of drug-likeness (QED) is 0.164. The van der Waals surface area contributed by atoms with Gasteiger partial charge in [-0.1, -0.05) is 95.9 Å². The van der Waals surface area contributed by atoms with Crippen molar-refractivity contribution in [1.82, 2.24) is 4.57 Å². The molecule has 0 atom stereocenters.